The molecule has 0 spiro atoms. The van der Waals surface area contributed by atoms with E-state index in [-0.39, 0.29) is 19.1 Å². The van der Waals surface area contributed by atoms with Gasteiger partial charge in [-0.25, -0.2) is 4.79 Å². The van der Waals surface area contributed by atoms with Gasteiger partial charge in [-0.1, -0.05) is 72.8 Å². The Bertz CT molecular complexity index is 1530. The van der Waals surface area contributed by atoms with Gasteiger partial charge in [0.1, 0.15) is 30.0 Å². The molecule has 6 heteroatoms. The first-order chi connectivity index (χ1) is 17.6. The van der Waals surface area contributed by atoms with Crippen LogP contribution in [-0.4, -0.2) is 35.6 Å². The molecule has 0 radical (unpaired) electrons. The number of furan rings is 1. The van der Waals surface area contributed by atoms with Gasteiger partial charge < -0.3 is 24.7 Å². The Kier molecular flexibility index (Phi) is 5.68. The minimum Gasteiger partial charge on any atom is -0.456 e. The lowest BCUT2D eigenvalue weighted by Crippen LogP contribution is -2.36. The molecule has 36 heavy (non-hydrogen) atoms. The molecule has 0 aliphatic heterocycles. The van der Waals surface area contributed by atoms with E-state index in [1.54, 1.807) is 12.1 Å². The average Bonchev–Trinajstić information content (AvgIpc) is 3.45. The van der Waals surface area contributed by atoms with E-state index in [1.165, 1.54) is 0 Å². The van der Waals surface area contributed by atoms with Crippen molar-refractivity contribution in [2.45, 2.75) is 18.1 Å². The monoisotopic (exact) mass is 479 g/mol. The van der Waals surface area contributed by atoms with Crippen LogP contribution in [0.1, 0.15) is 28.7 Å². The number of hydrogen-bond donors (Lipinski definition) is 3. The number of aliphatic hydroxyl groups excluding tert-OH is 2. The molecular weight excluding hydrogens is 454 g/mol. The fraction of sp³-hybridized carbons (Fsp3) is 0.167. The van der Waals surface area contributed by atoms with Crippen molar-refractivity contribution in [1.29, 1.82) is 0 Å². The molecule has 0 bridgehead atoms. The van der Waals surface area contributed by atoms with Crippen molar-refractivity contribution in [3.63, 3.8) is 0 Å². The highest BCUT2D eigenvalue weighted by Gasteiger charge is 2.29. The van der Waals surface area contributed by atoms with Gasteiger partial charge in [-0.05, 0) is 46.0 Å². The third kappa shape index (κ3) is 3.90. The Morgan fingerprint density at radius 1 is 0.833 bits per heavy atom. The molecule has 6 rings (SSSR count). The van der Waals surface area contributed by atoms with Crippen molar-refractivity contribution in [2.75, 3.05) is 13.2 Å². The van der Waals surface area contributed by atoms with Gasteiger partial charge in [-0.15, -0.1) is 0 Å². The molecule has 5 aromatic rings. The number of rotatable bonds is 6. The molecule has 1 aromatic heterocycles. The van der Waals surface area contributed by atoms with Crippen molar-refractivity contribution >= 4 is 28.0 Å². The minimum absolute atomic E-state index is 0.0461. The molecule has 4 aromatic carbocycles. The summed E-state index contributed by atoms with van der Waals surface area (Å²) < 4.78 is 11.3. The lowest BCUT2D eigenvalue weighted by atomic mass is 9.98. The zero-order valence-corrected chi connectivity index (χ0v) is 19.4. The number of aliphatic hydroxyl groups is 2. The van der Waals surface area contributed by atoms with Crippen LogP contribution in [0.3, 0.4) is 0 Å². The smallest absolute Gasteiger partial charge is 0.407 e. The van der Waals surface area contributed by atoms with Crippen LogP contribution in [0.2, 0.25) is 0 Å². The topological polar surface area (TPSA) is 91.9 Å². The average molecular weight is 480 g/mol. The summed E-state index contributed by atoms with van der Waals surface area (Å²) in [5, 5.41) is 25.6. The minimum atomic E-state index is -1.21. The van der Waals surface area contributed by atoms with E-state index in [0.717, 1.165) is 38.6 Å². The molecule has 0 saturated carbocycles. The van der Waals surface area contributed by atoms with Crippen molar-refractivity contribution in [3.8, 4) is 11.1 Å². The number of carbonyl (C=O) groups is 1. The largest absolute Gasteiger partial charge is 0.456 e. The van der Waals surface area contributed by atoms with Gasteiger partial charge in [0.15, 0.2) is 0 Å². The maximum atomic E-state index is 12.4. The summed E-state index contributed by atoms with van der Waals surface area (Å²) in [5.41, 5.74) is 6.57. The number of para-hydroxylation sites is 1. The summed E-state index contributed by atoms with van der Waals surface area (Å²) in [6, 6.07) is 29.2. The fourth-order valence-electron chi connectivity index (χ4n) is 5.10. The summed E-state index contributed by atoms with van der Waals surface area (Å²) in [5.74, 6) is -0.0461. The molecule has 2 atom stereocenters. The molecular formula is C30H25NO5. The highest BCUT2D eigenvalue weighted by molar-refractivity contribution is 6.05. The normalized spacial score (nSPS) is 14.4. The second kappa shape index (κ2) is 9.15. The van der Waals surface area contributed by atoms with E-state index in [2.05, 4.69) is 29.6 Å². The maximum absolute atomic E-state index is 12.4. The van der Waals surface area contributed by atoms with Crippen LogP contribution >= 0.6 is 0 Å². The zero-order valence-electron chi connectivity index (χ0n) is 19.4. The summed E-state index contributed by atoms with van der Waals surface area (Å²) in [7, 11) is 0. The van der Waals surface area contributed by atoms with Gasteiger partial charge >= 0.3 is 6.09 Å². The molecule has 1 amide bonds. The summed E-state index contributed by atoms with van der Waals surface area (Å²) in [6.45, 7) is 0.0325. The Morgan fingerprint density at radius 2 is 1.47 bits per heavy atom. The van der Waals surface area contributed by atoms with Crippen LogP contribution in [0.5, 0.6) is 0 Å². The number of benzene rings is 4. The lowest BCUT2D eigenvalue weighted by molar-refractivity contribution is 0.0186. The van der Waals surface area contributed by atoms with E-state index >= 15 is 0 Å². The summed E-state index contributed by atoms with van der Waals surface area (Å²) in [6.07, 6.45) is -3.03. The third-order valence-electron chi connectivity index (χ3n) is 6.91. The predicted molar refractivity (Wildman–Crippen MR) is 138 cm³/mol. The van der Waals surface area contributed by atoms with E-state index in [9.17, 15) is 15.0 Å². The van der Waals surface area contributed by atoms with Crippen LogP contribution in [0, 0.1) is 0 Å². The summed E-state index contributed by atoms with van der Waals surface area (Å²) >= 11 is 0. The Labute approximate surface area is 207 Å². The fourth-order valence-corrected chi connectivity index (χ4v) is 5.10. The van der Waals surface area contributed by atoms with Gasteiger partial charge in [0.05, 0.1) is 0 Å². The SMILES string of the molecule is O=C(NCC(O)C(O)c1ccc2oc3ccccc3c2c1)OCC1c2ccccc2-c2ccccc21. The maximum Gasteiger partial charge on any atom is 0.407 e. The Morgan fingerprint density at radius 3 is 2.22 bits per heavy atom. The second-order valence-electron chi connectivity index (χ2n) is 9.07. The van der Waals surface area contributed by atoms with Crippen LogP contribution in [0.15, 0.2) is 95.4 Å². The molecule has 1 aliphatic rings. The summed E-state index contributed by atoms with van der Waals surface area (Å²) in [4.78, 5) is 12.4. The first-order valence-electron chi connectivity index (χ1n) is 12.0. The molecule has 1 aliphatic carbocycles. The van der Waals surface area contributed by atoms with Crippen LogP contribution in [0.4, 0.5) is 4.79 Å². The molecule has 0 fully saturated rings. The van der Waals surface area contributed by atoms with E-state index in [0.29, 0.717) is 11.1 Å². The van der Waals surface area contributed by atoms with Gasteiger partial charge in [0.25, 0.3) is 0 Å². The Hall–Kier alpha value is -4.13. The standard InChI is InChI=1S/C30H25NO5/c32-26(29(33)18-13-14-28-24(15-18)23-11-5-6-12-27(23)36-28)16-31-30(34)35-17-25-21-9-3-1-7-19(21)20-8-2-4-10-22(20)25/h1-15,25-26,29,32-33H,16-17H2,(H,31,34). The van der Waals surface area contributed by atoms with Crippen molar-refractivity contribution < 1.29 is 24.2 Å². The number of amides is 1. The molecule has 180 valence electrons. The van der Waals surface area contributed by atoms with E-state index in [4.69, 9.17) is 9.15 Å². The third-order valence-corrected chi connectivity index (χ3v) is 6.91. The first-order valence-corrected chi connectivity index (χ1v) is 12.0. The lowest BCUT2D eigenvalue weighted by Gasteiger charge is -2.19. The highest BCUT2D eigenvalue weighted by Crippen LogP contribution is 2.44. The number of hydrogen-bond acceptors (Lipinski definition) is 5. The predicted octanol–water partition coefficient (Wildman–Crippen LogP) is 5.52. The van der Waals surface area contributed by atoms with Crippen LogP contribution in [-0.2, 0) is 4.74 Å². The highest BCUT2D eigenvalue weighted by atomic mass is 16.5. The van der Waals surface area contributed by atoms with Crippen LogP contribution < -0.4 is 5.32 Å². The van der Waals surface area contributed by atoms with E-state index < -0.39 is 18.3 Å². The van der Waals surface area contributed by atoms with Gasteiger partial charge in [0, 0.05) is 23.2 Å². The molecule has 2 unspecified atom stereocenters. The second-order valence-corrected chi connectivity index (χ2v) is 9.07. The molecule has 1 heterocycles. The zero-order chi connectivity index (χ0) is 24.6. The van der Waals surface area contributed by atoms with Gasteiger partial charge in [-0.3, -0.25) is 0 Å². The van der Waals surface area contributed by atoms with Crippen molar-refractivity contribution in [3.05, 3.63) is 108 Å². The van der Waals surface area contributed by atoms with Crippen LogP contribution in [0.25, 0.3) is 33.1 Å². The van der Waals surface area contributed by atoms with Crippen molar-refractivity contribution in [2.24, 2.45) is 0 Å². The molecule has 6 nitrogen and oxygen atoms in total. The van der Waals surface area contributed by atoms with Crippen molar-refractivity contribution in [1.82, 2.24) is 5.32 Å². The number of fused-ring (bicyclic) bond motifs is 6. The van der Waals surface area contributed by atoms with Gasteiger partial charge in [-0.2, -0.15) is 0 Å². The quantitative estimate of drug-likeness (QED) is 0.298. The number of ether oxygens (including phenoxy) is 1. The number of carbonyl (C=O) groups excluding carboxylic acids is 1. The number of nitrogens with one attached hydrogen (secondary N) is 1. The van der Waals surface area contributed by atoms with E-state index in [1.807, 2.05) is 54.6 Å². The molecule has 0 saturated heterocycles. The molecule has 3 N–H and O–H groups in total. The Balaban J connectivity index is 1.09. The number of alkyl carbamates (subject to hydrolysis) is 1. The van der Waals surface area contributed by atoms with Gasteiger partial charge in [0.2, 0.25) is 0 Å². The first kappa shape index (κ1) is 22.3.